The smallest absolute Gasteiger partial charge is 0.355 e. The predicted molar refractivity (Wildman–Crippen MR) is 61.3 cm³/mol. The lowest BCUT2D eigenvalue weighted by Gasteiger charge is -2.09. The highest BCUT2D eigenvalue weighted by Crippen LogP contribution is 2.05. The number of carboxylic acid groups (broad SMARTS) is 1. The van der Waals surface area contributed by atoms with Crippen LogP contribution in [0.5, 0.6) is 0 Å². The van der Waals surface area contributed by atoms with Crippen LogP contribution in [0, 0.1) is 0 Å². The first-order chi connectivity index (χ1) is 7.06. The Morgan fingerprint density at radius 3 is 2.60 bits per heavy atom. The second kappa shape index (κ2) is 7.10. The Hall–Kier alpha value is -1.24. The van der Waals surface area contributed by atoms with Crippen LogP contribution in [-0.4, -0.2) is 41.4 Å². The van der Waals surface area contributed by atoms with Crippen LogP contribution in [0.25, 0.3) is 0 Å². The monoisotopic (exact) mass is 233 g/mol. The summed E-state index contributed by atoms with van der Waals surface area (Å²) in [5.41, 5.74) is 5.37. The van der Waals surface area contributed by atoms with E-state index in [0.29, 0.717) is 11.6 Å². The highest BCUT2D eigenvalue weighted by atomic mass is 32.2. The van der Waals surface area contributed by atoms with Gasteiger partial charge in [-0.15, -0.1) is 0 Å². The van der Waals surface area contributed by atoms with Gasteiger partial charge in [-0.3, -0.25) is 4.99 Å². The van der Waals surface area contributed by atoms with Crippen LogP contribution in [0.15, 0.2) is 10.1 Å². The summed E-state index contributed by atoms with van der Waals surface area (Å²) in [4.78, 5) is 19.3. The molecule has 7 heteroatoms. The number of aliphatic imine (C=N–C) groups is 1. The first-order valence-electron chi connectivity index (χ1n) is 4.28. The molecule has 0 spiro atoms. The fourth-order valence-electron chi connectivity index (χ4n) is 0.893. The van der Waals surface area contributed by atoms with Crippen LogP contribution in [0.2, 0.25) is 0 Å². The molecular weight excluding hydrogens is 218 g/mol. The molecule has 1 unspecified atom stereocenters. The number of rotatable bonds is 5. The highest BCUT2D eigenvalue weighted by Gasteiger charge is 2.21. The number of carboxylic acids is 1. The molecule has 0 rings (SSSR count). The molecule has 0 aromatic heterocycles. The molecule has 0 saturated heterocycles. The van der Waals surface area contributed by atoms with Crippen LogP contribution in [0.3, 0.4) is 0 Å². The van der Waals surface area contributed by atoms with Crippen molar-refractivity contribution in [2.75, 3.05) is 13.4 Å². The zero-order chi connectivity index (χ0) is 11.8. The van der Waals surface area contributed by atoms with E-state index in [4.69, 9.17) is 10.8 Å². The van der Waals surface area contributed by atoms with Crippen LogP contribution >= 0.6 is 11.8 Å². The van der Waals surface area contributed by atoms with Gasteiger partial charge in [0.05, 0.1) is 0 Å². The molecule has 0 aliphatic rings. The van der Waals surface area contributed by atoms with E-state index in [0.717, 1.165) is 0 Å². The second-order valence-corrected chi connectivity index (χ2v) is 3.39. The second-order valence-electron chi connectivity index (χ2n) is 2.56. The third kappa shape index (κ3) is 4.68. The van der Waals surface area contributed by atoms with Crippen molar-refractivity contribution < 1.29 is 14.7 Å². The number of thioether (sulfide) groups is 1. The van der Waals surface area contributed by atoms with E-state index in [1.165, 1.54) is 18.9 Å². The van der Waals surface area contributed by atoms with E-state index >= 15 is 0 Å². The standard InChI is InChI=1S/C8H15N3O3S/c1-4-5(10-8(9)15-3)6(7(12)13)11-14-2/h5H,4H2,1-3H3,(H2,9,10)(H,12,13). The number of oxime groups is 1. The molecule has 0 bridgehead atoms. The van der Waals surface area contributed by atoms with Gasteiger partial charge < -0.3 is 15.7 Å². The van der Waals surface area contributed by atoms with Crippen LogP contribution in [0.4, 0.5) is 0 Å². The van der Waals surface area contributed by atoms with Gasteiger partial charge >= 0.3 is 5.97 Å². The normalized spacial score (nSPS) is 14.9. The Morgan fingerprint density at radius 2 is 2.27 bits per heavy atom. The molecule has 15 heavy (non-hydrogen) atoms. The fraction of sp³-hybridized carbons (Fsp3) is 0.625. The Morgan fingerprint density at radius 1 is 1.67 bits per heavy atom. The molecule has 6 nitrogen and oxygen atoms in total. The summed E-state index contributed by atoms with van der Waals surface area (Å²) in [5.74, 6) is -1.15. The van der Waals surface area contributed by atoms with E-state index in [1.807, 2.05) is 0 Å². The molecule has 0 heterocycles. The van der Waals surface area contributed by atoms with Crippen molar-refractivity contribution in [2.24, 2.45) is 15.9 Å². The summed E-state index contributed by atoms with van der Waals surface area (Å²) in [6.45, 7) is 1.80. The van der Waals surface area contributed by atoms with E-state index in [1.54, 1.807) is 13.2 Å². The van der Waals surface area contributed by atoms with Gasteiger partial charge in [0.25, 0.3) is 0 Å². The lowest BCUT2D eigenvalue weighted by atomic mass is 10.1. The van der Waals surface area contributed by atoms with Crippen molar-refractivity contribution >= 4 is 28.6 Å². The molecule has 0 fully saturated rings. The van der Waals surface area contributed by atoms with Crippen molar-refractivity contribution in [1.29, 1.82) is 0 Å². The summed E-state index contributed by atoms with van der Waals surface area (Å²) in [5, 5.41) is 12.6. The van der Waals surface area contributed by atoms with Crippen LogP contribution in [0.1, 0.15) is 13.3 Å². The van der Waals surface area contributed by atoms with Crippen molar-refractivity contribution in [3.05, 3.63) is 0 Å². The largest absolute Gasteiger partial charge is 0.477 e. The third-order valence-electron chi connectivity index (χ3n) is 1.60. The molecule has 0 aromatic carbocycles. The van der Waals surface area contributed by atoms with E-state index < -0.39 is 12.0 Å². The molecule has 86 valence electrons. The van der Waals surface area contributed by atoms with Gasteiger partial charge in [-0.25, -0.2) is 4.79 Å². The van der Waals surface area contributed by atoms with E-state index in [-0.39, 0.29) is 5.71 Å². The molecule has 0 saturated carbocycles. The minimum absolute atomic E-state index is 0.142. The Balaban J connectivity index is 4.92. The molecule has 0 radical (unpaired) electrons. The molecule has 1 atom stereocenters. The number of amidine groups is 1. The van der Waals surface area contributed by atoms with Crippen LogP contribution < -0.4 is 5.73 Å². The maximum atomic E-state index is 10.8. The molecule has 0 aliphatic heterocycles. The maximum absolute atomic E-state index is 10.8. The fourth-order valence-corrected chi connectivity index (χ4v) is 1.13. The van der Waals surface area contributed by atoms with Gasteiger partial charge in [0.2, 0.25) is 0 Å². The SMILES string of the molecule is CCC(N=C(N)SC)C(=NOC)C(=O)O. The summed E-state index contributed by atoms with van der Waals surface area (Å²) >= 11 is 1.25. The number of hydrogen-bond acceptors (Lipinski definition) is 5. The average Bonchev–Trinajstić information content (AvgIpc) is 2.22. The van der Waals surface area contributed by atoms with Crippen LogP contribution in [-0.2, 0) is 9.63 Å². The van der Waals surface area contributed by atoms with Crippen molar-refractivity contribution in [2.45, 2.75) is 19.4 Å². The summed E-state index contributed by atoms with van der Waals surface area (Å²) in [7, 11) is 1.29. The summed E-state index contributed by atoms with van der Waals surface area (Å²) < 4.78 is 0. The molecule has 0 amide bonds. The van der Waals surface area contributed by atoms with Gasteiger partial charge in [0.15, 0.2) is 10.9 Å². The molecular formula is C8H15N3O3S. The quantitative estimate of drug-likeness (QED) is 0.410. The number of hydrogen-bond donors (Lipinski definition) is 2. The number of aliphatic carboxylic acids is 1. The van der Waals surface area contributed by atoms with Gasteiger partial charge in [-0.05, 0) is 12.7 Å². The minimum Gasteiger partial charge on any atom is -0.477 e. The van der Waals surface area contributed by atoms with Crippen molar-refractivity contribution in [3.8, 4) is 0 Å². The maximum Gasteiger partial charge on any atom is 0.355 e. The van der Waals surface area contributed by atoms with Gasteiger partial charge in [-0.2, -0.15) is 0 Å². The van der Waals surface area contributed by atoms with Gasteiger partial charge in [0.1, 0.15) is 13.2 Å². The number of carbonyl (C=O) groups is 1. The molecule has 3 N–H and O–H groups in total. The Labute approximate surface area is 92.6 Å². The zero-order valence-electron chi connectivity index (χ0n) is 8.93. The lowest BCUT2D eigenvalue weighted by Crippen LogP contribution is -2.28. The number of nitrogens with zero attached hydrogens (tertiary/aromatic N) is 2. The molecule has 0 aliphatic carbocycles. The average molecular weight is 233 g/mol. The first-order valence-corrected chi connectivity index (χ1v) is 5.50. The topological polar surface area (TPSA) is 97.3 Å². The zero-order valence-corrected chi connectivity index (χ0v) is 9.74. The van der Waals surface area contributed by atoms with Gasteiger partial charge in [0, 0.05) is 0 Å². The van der Waals surface area contributed by atoms with E-state index in [9.17, 15) is 4.79 Å². The Kier molecular flexibility index (Phi) is 6.52. The van der Waals surface area contributed by atoms with Crippen molar-refractivity contribution in [1.82, 2.24) is 0 Å². The van der Waals surface area contributed by atoms with E-state index in [2.05, 4.69) is 15.0 Å². The third-order valence-corrected chi connectivity index (χ3v) is 2.13. The van der Waals surface area contributed by atoms with Gasteiger partial charge in [-0.1, -0.05) is 23.8 Å². The lowest BCUT2D eigenvalue weighted by molar-refractivity contribution is -0.129. The minimum atomic E-state index is -1.15. The highest BCUT2D eigenvalue weighted by molar-refractivity contribution is 8.13. The predicted octanol–water partition coefficient (Wildman–Crippen LogP) is 0.530. The molecule has 0 aromatic rings. The summed E-state index contributed by atoms with van der Waals surface area (Å²) in [6.07, 6.45) is 2.26. The first kappa shape index (κ1) is 13.8. The summed E-state index contributed by atoms with van der Waals surface area (Å²) in [6, 6.07) is -0.574. The van der Waals surface area contributed by atoms with Crippen molar-refractivity contribution in [3.63, 3.8) is 0 Å². The Bertz CT molecular complexity index is 278. The number of nitrogens with two attached hydrogens (primary N) is 1.